The van der Waals surface area contributed by atoms with Gasteiger partial charge in [-0.05, 0) is 62.1 Å². The Morgan fingerprint density at radius 2 is 1.50 bits per heavy atom. The first-order chi connectivity index (χ1) is 17.6. The van der Waals surface area contributed by atoms with Crippen molar-refractivity contribution in [2.45, 2.75) is 50.6 Å². The molecule has 0 radical (unpaired) electrons. The van der Waals surface area contributed by atoms with Gasteiger partial charge >= 0.3 is 0 Å². The van der Waals surface area contributed by atoms with E-state index in [9.17, 15) is 9.59 Å². The highest BCUT2D eigenvalue weighted by Gasteiger charge is 2.30. The van der Waals surface area contributed by atoms with Crippen LogP contribution in [-0.2, 0) is 0 Å². The summed E-state index contributed by atoms with van der Waals surface area (Å²) in [5.41, 5.74) is 2.45. The van der Waals surface area contributed by atoms with E-state index in [1.165, 1.54) is 25.7 Å². The molecule has 192 valence electrons. The Bertz CT molecular complexity index is 1030. The van der Waals surface area contributed by atoms with Gasteiger partial charge in [-0.15, -0.1) is 0 Å². The summed E-state index contributed by atoms with van der Waals surface area (Å²) in [6.45, 7) is 5.21. The fraction of sp³-hybridized carbons (Fsp3) is 0.517. The lowest BCUT2D eigenvalue weighted by atomic mass is 10.0. The number of carbonyl (C=O) groups excluding carboxylic acids is 2. The van der Waals surface area contributed by atoms with Gasteiger partial charge < -0.3 is 19.9 Å². The van der Waals surface area contributed by atoms with Crippen LogP contribution >= 0.6 is 0 Å². The average Bonchev–Trinajstić information content (AvgIpc) is 3.48. The first-order valence-electron chi connectivity index (χ1n) is 13.4. The summed E-state index contributed by atoms with van der Waals surface area (Å²) in [4.78, 5) is 33.1. The van der Waals surface area contributed by atoms with E-state index in [1.54, 1.807) is 31.4 Å². The third kappa shape index (κ3) is 5.51. The molecule has 0 spiro atoms. The third-order valence-corrected chi connectivity index (χ3v) is 8.10. The van der Waals surface area contributed by atoms with E-state index in [1.807, 2.05) is 23.1 Å². The molecule has 0 atom stereocenters. The van der Waals surface area contributed by atoms with E-state index in [4.69, 9.17) is 4.74 Å². The molecule has 1 N–H and O–H groups in total. The molecule has 7 heteroatoms. The van der Waals surface area contributed by atoms with E-state index in [-0.39, 0.29) is 17.9 Å². The molecular weight excluding hydrogens is 452 g/mol. The minimum Gasteiger partial charge on any atom is -0.497 e. The summed E-state index contributed by atoms with van der Waals surface area (Å²) in [5.74, 6) is 0.832. The smallest absolute Gasteiger partial charge is 0.256 e. The summed E-state index contributed by atoms with van der Waals surface area (Å²) >= 11 is 0. The van der Waals surface area contributed by atoms with Gasteiger partial charge in [-0.2, -0.15) is 0 Å². The van der Waals surface area contributed by atoms with E-state index in [2.05, 4.69) is 21.2 Å². The molecule has 1 aliphatic carbocycles. The zero-order chi connectivity index (χ0) is 24.9. The minimum atomic E-state index is -0.0524. The SMILES string of the molecule is COc1ccc(C(=O)NC2CCN(c3ccccc3C(=O)N3CCN(C4CCCC4)CC3)CC2)cc1. The van der Waals surface area contributed by atoms with Gasteiger partial charge in [0.05, 0.1) is 12.7 Å². The first-order valence-corrected chi connectivity index (χ1v) is 13.4. The van der Waals surface area contributed by atoms with Gasteiger partial charge in [0.15, 0.2) is 0 Å². The Labute approximate surface area is 214 Å². The molecule has 7 nitrogen and oxygen atoms in total. The van der Waals surface area contributed by atoms with Gasteiger partial charge in [-0.1, -0.05) is 25.0 Å². The molecule has 2 heterocycles. The number of ether oxygens (including phenoxy) is 1. The van der Waals surface area contributed by atoms with E-state index in [0.29, 0.717) is 5.56 Å². The van der Waals surface area contributed by atoms with Crippen LogP contribution < -0.4 is 15.0 Å². The molecule has 5 rings (SSSR count). The van der Waals surface area contributed by atoms with Crippen LogP contribution in [0.2, 0.25) is 0 Å². The monoisotopic (exact) mass is 490 g/mol. The molecule has 36 heavy (non-hydrogen) atoms. The Morgan fingerprint density at radius 1 is 0.833 bits per heavy atom. The molecule has 2 aromatic carbocycles. The topological polar surface area (TPSA) is 65.1 Å². The van der Waals surface area contributed by atoms with Crippen molar-refractivity contribution < 1.29 is 14.3 Å². The van der Waals surface area contributed by atoms with Gasteiger partial charge in [0.1, 0.15) is 5.75 Å². The Morgan fingerprint density at radius 3 is 2.17 bits per heavy atom. The zero-order valence-corrected chi connectivity index (χ0v) is 21.3. The van der Waals surface area contributed by atoms with Crippen LogP contribution in [0.3, 0.4) is 0 Å². The zero-order valence-electron chi connectivity index (χ0n) is 21.3. The van der Waals surface area contributed by atoms with Crippen LogP contribution in [-0.4, -0.2) is 80.1 Å². The number of piperazine rings is 1. The number of nitrogens with one attached hydrogen (secondary N) is 1. The van der Waals surface area contributed by atoms with Crippen molar-refractivity contribution in [3.8, 4) is 5.75 Å². The highest BCUT2D eigenvalue weighted by Crippen LogP contribution is 2.28. The van der Waals surface area contributed by atoms with Crippen molar-refractivity contribution in [3.05, 3.63) is 59.7 Å². The normalized spacial score (nSPS) is 19.9. The maximum atomic E-state index is 13.5. The fourth-order valence-electron chi connectivity index (χ4n) is 5.94. The molecule has 1 saturated carbocycles. The van der Waals surface area contributed by atoms with Crippen LogP contribution in [0.4, 0.5) is 5.69 Å². The second kappa shape index (κ2) is 11.3. The van der Waals surface area contributed by atoms with E-state index >= 15 is 0 Å². The molecule has 3 aliphatic rings. The lowest BCUT2D eigenvalue weighted by Gasteiger charge is -2.39. The van der Waals surface area contributed by atoms with Crippen molar-refractivity contribution in [2.24, 2.45) is 0 Å². The van der Waals surface area contributed by atoms with Gasteiger partial charge in [0.2, 0.25) is 0 Å². The van der Waals surface area contributed by atoms with Crippen LogP contribution in [0.25, 0.3) is 0 Å². The summed E-state index contributed by atoms with van der Waals surface area (Å²) in [7, 11) is 1.62. The molecule has 0 aromatic heterocycles. The van der Waals surface area contributed by atoms with Gasteiger partial charge in [0.25, 0.3) is 11.8 Å². The molecule has 0 bridgehead atoms. The van der Waals surface area contributed by atoms with Crippen LogP contribution in [0, 0.1) is 0 Å². The summed E-state index contributed by atoms with van der Waals surface area (Å²) in [6, 6.07) is 16.1. The fourth-order valence-corrected chi connectivity index (χ4v) is 5.94. The lowest BCUT2D eigenvalue weighted by molar-refractivity contribution is 0.0574. The predicted molar refractivity (Wildman–Crippen MR) is 142 cm³/mol. The van der Waals surface area contributed by atoms with E-state index < -0.39 is 0 Å². The average molecular weight is 491 g/mol. The number of piperidine rings is 1. The summed E-state index contributed by atoms with van der Waals surface area (Å²) in [5, 5.41) is 3.17. The number of hydrogen-bond acceptors (Lipinski definition) is 5. The van der Waals surface area contributed by atoms with Crippen LogP contribution in [0.1, 0.15) is 59.2 Å². The molecular formula is C29H38N4O3. The summed E-state index contributed by atoms with van der Waals surface area (Å²) < 4.78 is 5.18. The van der Waals surface area contributed by atoms with Crippen molar-refractivity contribution in [3.63, 3.8) is 0 Å². The lowest BCUT2D eigenvalue weighted by Crippen LogP contribution is -2.51. The number of hydrogen-bond donors (Lipinski definition) is 1. The van der Waals surface area contributed by atoms with Crippen molar-refractivity contribution in [2.75, 3.05) is 51.3 Å². The van der Waals surface area contributed by atoms with E-state index in [0.717, 1.165) is 75.2 Å². The number of anilines is 1. The van der Waals surface area contributed by atoms with Crippen LogP contribution in [0.15, 0.2) is 48.5 Å². The molecule has 2 aliphatic heterocycles. The van der Waals surface area contributed by atoms with Crippen molar-refractivity contribution >= 4 is 17.5 Å². The molecule has 2 saturated heterocycles. The molecule has 2 aromatic rings. The number of para-hydroxylation sites is 1. The number of carbonyl (C=O) groups is 2. The Hall–Kier alpha value is -3.06. The number of nitrogens with zero attached hydrogens (tertiary/aromatic N) is 3. The quantitative estimate of drug-likeness (QED) is 0.668. The van der Waals surface area contributed by atoms with Crippen molar-refractivity contribution in [1.82, 2.24) is 15.1 Å². The number of methoxy groups -OCH3 is 1. The van der Waals surface area contributed by atoms with Crippen LogP contribution in [0.5, 0.6) is 5.75 Å². The van der Waals surface area contributed by atoms with Gasteiger partial charge in [0, 0.05) is 62.6 Å². The number of amides is 2. The molecule has 3 fully saturated rings. The second-order valence-corrected chi connectivity index (χ2v) is 10.2. The van der Waals surface area contributed by atoms with Crippen molar-refractivity contribution in [1.29, 1.82) is 0 Å². The van der Waals surface area contributed by atoms with Gasteiger partial charge in [-0.25, -0.2) is 0 Å². The number of benzene rings is 2. The highest BCUT2D eigenvalue weighted by molar-refractivity contribution is 6.00. The maximum Gasteiger partial charge on any atom is 0.256 e. The molecule has 2 amide bonds. The number of rotatable bonds is 6. The minimum absolute atomic E-state index is 0.0524. The first kappa shape index (κ1) is 24.6. The third-order valence-electron chi connectivity index (χ3n) is 8.10. The predicted octanol–water partition coefficient (Wildman–Crippen LogP) is 3.79. The summed E-state index contributed by atoms with van der Waals surface area (Å²) in [6.07, 6.45) is 7.02. The highest BCUT2D eigenvalue weighted by atomic mass is 16.5. The molecule has 0 unspecified atom stereocenters. The Balaban J connectivity index is 1.16. The largest absolute Gasteiger partial charge is 0.497 e. The van der Waals surface area contributed by atoms with Gasteiger partial charge in [-0.3, -0.25) is 14.5 Å². The second-order valence-electron chi connectivity index (χ2n) is 10.2. The standard InChI is InChI=1S/C29H38N4O3/c1-36-25-12-10-22(11-13-25)28(34)30-23-14-16-32(17-15-23)27-9-5-4-8-26(27)29(35)33-20-18-31(19-21-33)24-6-2-3-7-24/h4-5,8-13,23-24H,2-3,6-7,14-21H2,1H3,(H,30,34). The maximum absolute atomic E-state index is 13.5. The Kier molecular flexibility index (Phi) is 7.75.